The van der Waals surface area contributed by atoms with Crippen LogP contribution < -0.4 is 5.43 Å². The van der Waals surface area contributed by atoms with Crippen LogP contribution in [0, 0.1) is 11.3 Å². The number of benzene rings is 1. The van der Waals surface area contributed by atoms with E-state index in [9.17, 15) is 4.79 Å². The Bertz CT molecular complexity index is 1010. The van der Waals surface area contributed by atoms with E-state index in [-0.39, 0.29) is 11.6 Å². The Morgan fingerprint density at radius 2 is 2.07 bits per heavy atom. The summed E-state index contributed by atoms with van der Waals surface area (Å²) in [5, 5.41) is 13.0. The summed E-state index contributed by atoms with van der Waals surface area (Å²) in [6.07, 6.45) is 2.04. The van der Waals surface area contributed by atoms with Crippen molar-refractivity contribution in [3.05, 3.63) is 59.3 Å². The molecular weight excluding hydrogens is 348 g/mol. The molecule has 0 aliphatic heterocycles. The quantitative estimate of drug-likeness (QED) is 0.404. The molecule has 0 aliphatic rings. The molecule has 2 aromatic heterocycles. The van der Waals surface area contributed by atoms with Crippen LogP contribution in [-0.4, -0.2) is 24.3 Å². The second-order valence-electron chi connectivity index (χ2n) is 5.39. The normalized spacial score (nSPS) is 10.7. The minimum atomic E-state index is -0.393. The third-order valence-corrected chi connectivity index (χ3v) is 3.65. The number of methoxy groups -OCH3 is 1. The van der Waals surface area contributed by atoms with E-state index in [0.29, 0.717) is 29.4 Å². The number of aryl methyl sites for hydroxylation is 1. The van der Waals surface area contributed by atoms with Crippen molar-refractivity contribution >= 4 is 18.1 Å². The van der Waals surface area contributed by atoms with Gasteiger partial charge in [-0.25, -0.2) is 15.2 Å². The zero-order valence-corrected chi connectivity index (χ0v) is 14.7. The predicted molar refractivity (Wildman–Crippen MR) is 97.3 cm³/mol. The maximum Gasteiger partial charge on any atom is 0.337 e. The second kappa shape index (κ2) is 8.01. The highest BCUT2D eigenvalue weighted by molar-refractivity contribution is 5.89. The SMILES string of the molecule is CCc1nc(C#N)c(NN=Cc2ccc(-c3ccc(C(=O)OC)cc3)o2)o1. The van der Waals surface area contributed by atoms with Crippen molar-refractivity contribution < 1.29 is 18.4 Å². The molecule has 136 valence electrons. The standard InChI is InChI=1S/C19H16N4O4/c1-3-17-22-15(10-20)18(27-17)23-21-11-14-8-9-16(26-14)12-4-6-13(7-5-12)19(24)25-2/h4-9,11,23H,3H2,1-2H3. The number of hydrogen-bond acceptors (Lipinski definition) is 8. The Labute approximate surface area is 155 Å². The van der Waals surface area contributed by atoms with Crippen LogP contribution >= 0.6 is 0 Å². The first-order chi connectivity index (χ1) is 13.1. The Balaban J connectivity index is 1.69. The Morgan fingerprint density at radius 1 is 1.30 bits per heavy atom. The summed E-state index contributed by atoms with van der Waals surface area (Å²) in [5.74, 6) is 1.38. The lowest BCUT2D eigenvalue weighted by molar-refractivity contribution is 0.0600. The average Bonchev–Trinajstić information content (AvgIpc) is 3.34. The van der Waals surface area contributed by atoms with Gasteiger partial charge in [0.2, 0.25) is 5.69 Å². The molecule has 1 N–H and O–H groups in total. The topological polar surface area (TPSA) is 114 Å². The van der Waals surface area contributed by atoms with E-state index in [2.05, 4.69) is 20.2 Å². The lowest BCUT2D eigenvalue weighted by Crippen LogP contribution is -2.00. The molecule has 1 aromatic carbocycles. The highest BCUT2D eigenvalue weighted by Crippen LogP contribution is 2.22. The van der Waals surface area contributed by atoms with Gasteiger partial charge in [-0.2, -0.15) is 10.4 Å². The van der Waals surface area contributed by atoms with E-state index < -0.39 is 5.97 Å². The van der Waals surface area contributed by atoms with Crippen molar-refractivity contribution in [3.63, 3.8) is 0 Å². The van der Waals surface area contributed by atoms with Crippen LogP contribution in [0.15, 0.2) is 50.3 Å². The summed E-state index contributed by atoms with van der Waals surface area (Å²) >= 11 is 0. The van der Waals surface area contributed by atoms with Crippen molar-refractivity contribution in [3.8, 4) is 17.4 Å². The molecule has 8 nitrogen and oxygen atoms in total. The van der Waals surface area contributed by atoms with Gasteiger partial charge < -0.3 is 13.6 Å². The van der Waals surface area contributed by atoms with Gasteiger partial charge in [-0.15, -0.1) is 0 Å². The Morgan fingerprint density at radius 3 is 2.74 bits per heavy atom. The monoisotopic (exact) mass is 364 g/mol. The number of nitrogens with zero attached hydrogens (tertiary/aromatic N) is 3. The van der Waals surface area contributed by atoms with E-state index in [0.717, 1.165) is 5.56 Å². The molecule has 0 spiro atoms. The van der Waals surface area contributed by atoms with Gasteiger partial charge >= 0.3 is 5.97 Å². The Kier molecular flexibility index (Phi) is 5.33. The van der Waals surface area contributed by atoms with Crippen LogP contribution in [0.5, 0.6) is 0 Å². The number of rotatable bonds is 6. The molecular formula is C19H16N4O4. The summed E-state index contributed by atoms with van der Waals surface area (Å²) in [6.45, 7) is 1.88. The summed E-state index contributed by atoms with van der Waals surface area (Å²) < 4.78 is 15.8. The van der Waals surface area contributed by atoms with Crippen molar-refractivity contribution in [1.82, 2.24) is 4.98 Å². The largest absolute Gasteiger partial charge is 0.465 e. The van der Waals surface area contributed by atoms with Crippen molar-refractivity contribution in [2.24, 2.45) is 5.10 Å². The van der Waals surface area contributed by atoms with Crippen LogP contribution in [0.25, 0.3) is 11.3 Å². The zero-order chi connectivity index (χ0) is 19.2. The van der Waals surface area contributed by atoms with Crippen LogP contribution in [0.3, 0.4) is 0 Å². The molecule has 0 aliphatic carbocycles. The van der Waals surface area contributed by atoms with Crippen molar-refractivity contribution in [2.45, 2.75) is 13.3 Å². The van der Waals surface area contributed by atoms with E-state index in [1.165, 1.54) is 13.3 Å². The van der Waals surface area contributed by atoms with Gasteiger partial charge in [0, 0.05) is 12.0 Å². The van der Waals surface area contributed by atoms with Gasteiger partial charge in [0.15, 0.2) is 5.89 Å². The number of anilines is 1. The number of oxazole rings is 1. The van der Waals surface area contributed by atoms with Crippen LogP contribution in [0.4, 0.5) is 5.88 Å². The van der Waals surface area contributed by atoms with E-state index >= 15 is 0 Å². The summed E-state index contributed by atoms with van der Waals surface area (Å²) in [7, 11) is 1.34. The molecule has 0 saturated heterocycles. The second-order valence-corrected chi connectivity index (χ2v) is 5.39. The highest BCUT2D eigenvalue weighted by atomic mass is 16.5. The molecule has 2 heterocycles. The molecule has 0 bridgehead atoms. The van der Waals surface area contributed by atoms with E-state index in [1.54, 1.807) is 36.4 Å². The number of carbonyl (C=O) groups excluding carboxylic acids is 1. The number of aromatic nitrogens is 1. The number of nitrogens with one attached hydrogen (secondary N) is 1. The first-order valence-corrected chi connectivity index (χ1v) is 8.12. The zero-order valence-electron chi connectivity index (χ0n) is 14.7. The third kappa shape index (κ3) is 4.04. The summed E-state index contributed by atoms with van der Waals surface area (Å²) in [6, 6.07) is 12.3. The molecule has 27 heavy (non-hydrogen) atoms. The molecule has 3 rings (SSSR count). The minimum absolute atomic E-state index is 0.148. The lowest BCUT2D eigenvalue weighted by Gasteiger charge is -2.00. The Hall–Kier alpha value is -3.86. The fourth-order valence-corrected chi connectivity index (χ4v) is 2.29. The molecule has 0 saturated carbocycles. The minimum Gasteiger partial charge on any atom is -0.465 e. The van der Waals surface area contributed by atoms with E-state index in [4.69, 9.17) is 14.1 Å². The van der Waals surface area contributed by atoms with Gasteiger partial charge in [-0.3, -0.25) is 0 Å². The number of hydrazone groups is 1. The number of esters is 1. The van der Waals surface area contributed by atoms with Gasteiger partial charge in [-0.05, 0) is 24.3 Å². The van der Waals surface area contributed by atoms with Crippen molar-refractivity contribution in [1.29, 1.82) is 5.26 Å². The molecule has 3 aromatic rings. The summed E-state index contributed by atoms with van der Waals surface area (Å²) in [4.78, 5) is 15.5. The van der Waals surface area contributed by atoms with Crippen LogP contribution in [0.2, 0.25) is 0 Å². The number of hydrogen-bond donors (Lipinski definition) is 1. The number of nitriles is 1. The molecule has 0 amide bonds. The molecule has 0 radical (unpaired) electrons. The number of carbonyl (C=O) groups is 1. The predicted octanol–water partition coefficient (Wildman–Crippen LogP) is 3.60. The van der Waals surface area contributed by atoms with Gasteiger partial charge in [0.1, 0.15) is 17.6 Å². The van der Waals surface area contributed by atoms with Gasteiger partial charge in [-0.1, -0.05) is 19.1 Å². The van der Waals surface area contributed by atoms with Gasteiger partial charge in [0.05, 0.1) is 18.9 Å². The first-order valence-electron chi connectivity index (χ1n) is 8.12. The smallest absolute Gasteiger partial charge is 0.337 e. The highest BCUT2D eigenvalue weighted by Gasteiger charge is 2.11. The maximum absolute atomic E-state index is 11.5. The third-order valence-electron chi connectivity index (χ3n) is 3.65. The van der Waals surface area contributed by atoms with E-state index in [1.807, 2.05) is 13.0 Å². The van der Waals surface area contributed by atoms with Crippen molar-refractivity contribution in [2.75, 3.05) is 12.5 Å². The first kappa shape index (κ1) is 17.9. The van der Waals surface area contributed by atoms with Crippen LogP contribution in [-0.2, 0) is 11.2 Å². The maximum atomic E-state index is 11.5. The summed E-state index contributed by atoms with van der Waals surface area (Å²) in [5.41, 5.74) is 4.07. The molecule has 0 unspecified atom stereocenters. The number of ether oxygens (including phenoxy) is 1. The van der Waals surface area contributed by atoms with Crippen LogP contribution in [0.1, 0.15) is 34.6 Å². The van der Waals surface area contributed by atoms with Gasteiger partial charge in [0.25, 0.3) is 5.88 Å². The lowest BCUT2D eigenvalue weighted by atomic mass is 10.1. The fraction of sp³-hybridized carbons (Fsp3) is 0.158. The average molecular weight is 364 g/mol. The molecule has 0 fully saturated rings. The molecule has 0 atom stereocenters. The fourth-order valence-electron chi connectivity index (χ4n) is 2.29. The molecule has 8 heteroatoms. The number of furan rings is 1.